The van der Waals surface area contributed by atoms with Gasteiger partial charge >= 0.3 is 0 Å². The van der Waals surface area contributed by atoms with Crippen molar-refractivity contribution >= 4 is 34.8 Å². The fourth-order valence-electron chi connectivity index (χ4n) is 2.01. The Kier molecular flexibility index (Phi) is 4.11. The number of nitrogens with zero attached hydrogens (tertiary/aromatic N) is 2. The van der Waals surface area contributed by atoms with Crippen LogP contribution in [0.2, 0.25) is 15.3 Å². The van der Waals surface area contributed by atoms with Crippen LogP contribution in [0.15, 0.2) is 54.6 Å². The normalized spacial score (nSPS) is 10.6. The van der Waals surface area contributed by atoms with E-state index < -0.39 is 0 Å². The third kappa shape index (κ3) is 3.03. The first-order chi connectivity index (χ1) is 10.1. The van der Waals surface area contributed by atoms with Crippen molar-refractivity contribution in [2.75, 3.05) is 0 Å². The summed E-state index contributed by atoms with van der Waals surface area (Å²) in [4.78, 5) is 8.67. The maximum Gasteiger partial charge on any atom is 0.162 e. The zero-order chi connectivity index (χ0) is 14.8. The zero-order valence-electron chi connectivity index (χ0n) is 10.7. The van der Waals surface area contributed by atoms with Crippen molar-refractivity contribution in [2.45, 2.75) is 0 Å². The molecule has 0 radical (unpaired) electrons. The summed E-state index contributed by atoms with van der Waals surface area (Å²) in [6.07, 6.45) is 0. The van der Waals surface area contributed by atoms with Gasteiger partial charge in [-0.2, -0.15) is 0 Å². The molecule has 1 heterocycles. The van der Waals surface area contributed by atoms with Crippen LogP contribution >= 0.6 is 34.8 Å². The molecule has 3 rings (SSSR count). The van der Waals surface area contributed by atoms with E-state index in [1.54, 1.807) is 12.1 Å². The molecule has 0 saturated heterocycles. The lowest BCUT2D eigenvalue weighted by molar-refractivity contribution is 1.18. The van der Waals surface area contributed by atoms with Crippen LogP contribution in [-0.4, -0.2) is 9.97 Å². The van der Waals surface area contributed by atoms with E-state index in [2.05, 4.69) is 9.97 Å². The number of rotatable bonds is 2. The van der Waals surface area contributed by atoms with E-state index in [9.17, 15) is 0 Å². The molecular formula is C16H9Cl3N2. The molecule has 0 aliphatic carbocycles. The molecule has 3 aromatic rings. The third-order valence-corrected chi connectivity index (χ3v) is 3.75. The Morgan fingerprint density at radius 3 is 1.90 bits per heavy atom. The van der Waals surface area contributed by atoms with Gasteiger partial charge in [0, 0.05) is 10.6 Å². The fraction of sp³-hybridized carbons (Fsp3) is 0. The molecule has 0 unspecified atom stereocenters. The first-order valence-electron chi connectivity index (χ1n) is 6.19. The summed E-state index contributed by atoms with van der Waals surface area (Å²) in [6, 6.07) is 16.8. The van der Waals surface area contributed by atoms with Crippen LogP contribution in [0.3, 0.4) is 0 Å². The van der Waals surface area contributed by atoms with E-state index >= 15 is 0 Å². The molecule has 1 aromatic heterocycles. The smallest absolute Gasteiger partial charge is 0.162 e. The van der Waals surface area contributed by atoms with Crippen LogP contribution in [-0.2, 0) is 0 Å². The largest absolute Gasteiger partial charge is 0.216 e. The fourth-order valence-corrected chi connectivity index (χ4v) is 2.80. The Hall–Kier alpha value is -1.61. The number of aromatic nitrogens is 2. The summed E-state index contributed by atoms with van der Waals surface area (Å²) >= 11 is 18.6. The molecular weight excluding hydrogens is 327 g/mol. The Labute approximate surface area is 137 Å². The van der Waals surface area contributed by atoms with Crippen molar-refractivity contribution < 1.29 is 0 Å². The van der Waals surface area contributed by atoms with Crippen molar-refractivity contribution in [1.82, 2.24) is 9.97 Å². The number of halogens is 3. The zero-order valence-corrected chi connectivity index (χ0v) is 13.0. The van der Waals surface area contributed by atoms with Crippen LogP contribution in [0.5, 0.6) is 0 Å². The van der Waals surface area contributed by atoms with Gasteiger partial charge in [0.05, 0.1) is 5.56 Å². The van der Waals surface area contributed by atoms with Gasteiger partial charge in [0.15, 0.2) is 5.82 Å². The molecule has 0 bridgehead atoms. The summed E-state index contributed by atoms with van der Waals surface area (Å²) in [7, 11) is 0. The van der Waals surface area contributed by atoms with Gasteiger partial charge in [-0.05, 0) is 17.7 Å². The molecule has 0 saturated carbocycles. The SMILES string of the molecule is Clc1cccc(-c2c(Cl)nc(-c3ccccc3)nc2Cl)c1. The molecule has 104 valence electrons. The minimum atomic E-state index is 0.302. The summed E-state index contributed by atoms with van der Waals surface area (Å²) < 4.78 is 0. The summed E-state index contributed by atoms with van der Waals surface area (Å²) in [6.45, 7) is 0. The van der Waals surface area contributed by atoms with E-state index in [0.29, 0.717) is 26.7 Å². The van der Waals surface area contributed by atoms with Gasteiger partial charge in [-0.1, -0.05) is 77.3 Å². The highest BCUT2D eigenvalue weighted by Gasteiger charge is 2.14. The number of benzene rings is 2. The van der Waals surface area contributed by atoms with Gasteiger partial charge < -0.3 is 0 Å². The minimum Gasteiger partial charge on any atom is -0.216 e. The molecule has 0 N–H and O–H groups in total. The van der Waals surface area contributed by atoms with E-state index in [1.165, 1.54) is 0 Å². The van der Waals surface area contributed by atoms with E-state index in [0.717, 1.165) is 11.1 Å². The average Bonchev–Trinajstić information content (AvgIpc) is 2.47. The molecule has 2 nitrogen and oxygen atoms in total. The second kappa shape index (κ2) is 6.02. The minimum absolute atomic E-state index is 0.302. The molecule has 0 amide bonds. The third-order valence-electron chi connectivity index (χ3n) is 2.97. The van der Waals surface area contributed by atoms with Gasteiger partial charge in [0.25, 0.3) is 0 Å². The van der Waals surface area contributed by atoms with Gasteiger partial charge in [-0.25, -0.2) is 9.97 Å². The lowest BCUT2D eigenvalue weighted by atomic mass is 10.1. The molecule has 0 fully saturated rings. The lowest BCUT2D eigenvalue weighted by Gasteiger charge is -2.09. The number of hydrogen-bond acceptors (Lipinski definition) is 2. The topological polar surface area (TPSA) is 25.8 Å². The van der Waals surface area contributed by atoms with Gasteiger partial charge in [0.1, 0.15) is 10.3 Å². The molecule has 0 spiro atoms. The highest BCUT2D eigenvalue weighted by Crippen LogP contribution is 2.35. The Balaban J connectivity index is 2.13. The predicted molar refractivity (Wildman–Crippen MR) is 87.9 cm³/mol. The van der Waals surface area contributed by atoms with Crippen LogP contribution in [0.4, 0.5) is 0 Å². The Morgan fingerprint density at radius 1 is 0.667 bits per heavy atom. The molecule has 0 aliphatic rings. The quantitative estimate of drug-likeness (QED) is 0.555. The molecule has 0 atom stereocenters. The second-order valence-corrected chi connectivity index (χ2v) is 5.53. The summed E-state index contributed by atoms with van der Waals surface area (Å²) in [5, 5.41) is 1.21. The predicted octanol–water partition coefficient (Wildman–Crippen LogP) is 5.77. The first kappa shape index (κ1) is 14.3. The molecule has 21 heavy (non-hydrogen) atoms. The lowest BCUT2D eigenvalue weighted by Crippen LogP contribution is -1.94. The molecule has 0 aliphatic heterocycles. The van der Waals surface area contributed by atoms with Crippen LogP contribution < -0.4 is 0 Å². The van der Waals surface area contributed by atoms with Crippen molar-refractivity contribution in [2.24, 2.45) is 0 Å². The number of hydrogen-bond donors (Lipinski definition) is 0. The van der Waals surface area contributed by atoms with E-state index in [4.69, 9.17) is 34.8 Å². The summed E-state index contributed by atoms with van der Waals surface area (Å²) in [5.41, 5.74) is 2.23. The highest BCUT2D eigenvalue weighted by molar-refractivity contribution is 6.38. The van der Waals surface area contributed by atoms with Crippen molar-refractivity contribution in [3.05, 3.63) is 69.9 Å². The molecule has 5 heteroatoms. The summed E-state index contributed by atoms with van der Waals surface area (Å²) in [5.74, 6) is 0.497. The van der Waals surface area contributed by atoms with Crippen LogP contribution in [0, 0.1) is 0 Å². The Morgan fingerprint density at radius 2 is 1.29 bits per heavy atom. The standard InChI is InChI=1S/C16H9Cl3N2/c17-12-8-4-7-11(9-12)13-14(18)20-16(21-15(13)19)10-5-2-1-3-6-10/h1-9H. The van der Waals surface area contributed by atoms with E-state index in [1.807, 2.05) is 42.5 Å². The van der Waals surface area contributed by atoms with Crippen molar-refractivity contribution in [3.8, 4) is 22.5 Å². The maximum atomic E-state index is 6.29. The van der Waals surface area contributed by atoms with Gasteiger partial charge in [-0.3, -0.25) is 0 Å². The Bertz CT molecular complexity index is 766. The van der Waals surface area contributed by atoms with Gasteiger partial charge in [0.2, 0.25) is 0 Å². The van der Waals surface area contributed by atoms with Crippen molar-refractivity contribution in [3.63, 3.8) is 0 Å². The first-order valence-corrected chi connectivity index (χ1v) is 7.33. The van der Waals surface area contributed by atoms with Crippen LogP contribution in [0.1, 0.15) is 0 Å². The van der Waals surface area contributed by atoms with Crippen LogP contribution in [0.25, 0.3) is 22.5 Å². The molecule has 2 aromatic carbocycles. The second-order valence-electron chi connectivity index (χ2n) is 4.38. The average molecular weight is 336 g/mol. The maximum absolute atomic E-state index is 6.29. The highest BCUT2D eigenvalue weighted by atomic mass is 35.5. The monoisotopic (exact) mass is 334 g/mol. The van der Waals surface area contributed by atoms with Gasteiger partial charge in [-0.15, -0.1) is 0 Å². The van der Waals surface area contributed by atoms with Crippen molar-refractivity contribution in [1.29, 1.82) is 0 Å². The van der Waals surface area contributed by atoms with E-state index in [-0.39, 0.29) is 0 Å².